The molecular weight excluding hydrogens is 264 g/mol. The predicted molar refractivity (Wildman–Crippen MR) is 63.3 cm³/mol. The van der Waals surface area contributed by atoms with Gasteiger partial charge in [-0.2, -0.15) is 4.31 Å². The van der Waals surface area contributed by atoms with Crippen molar-refractivity contribution in [1.29, 1.82) is 0 Å². The molecule has 96 valence electrons. The van der Waals surface area contributed by atoms with Crippen LogP contribution in [0.4, 0.5) is 0 Å². The minimum Gasteiger partial charge on any atom is -0.468 e. The van der Waals surface area contributed by atoms with Gasteiger partial charge in [0.25, 0.3) is 10.0 Å². The molecule has 1 aromatic heterocycles. The first-order valence-electron chi connectivity index (χ1n) is 4.91. The van der Waals surface area contributed by atoms with E-state index in [9.17, 15) is 13.2 Å². The number of aromatic nitrogens is 1. The van der Waals surface area contributed by atoms with Crippen molar-refractivity contribution in [1.82, 2.24) is 9.29 Å². The molecule has 1 aromatic rings. The number of ether oxygens (including phenoxy) is 1. The Morgan fingerprint density at radius 2 is 2.24 bits per heavy atom. The van der Waals surface area contributed by atoms with Gasteiger partial charge < -0.3 is 4.74 Å². The normalized spacial score (nSPS) is 11.8. The first-order valence-corrected chi connectivity index (χ1v) is 7.16. The second-order valence-electron chi connectivity index (χ2n) is 3.21. The fraction of sp³-hybridized carbons (Fsp3) is 0.556. The molecular formula is C9H14N2O4S2. The third-order valence-electron chi connectivity index (χ3n) is 2.08. The summed E-state index contributed by atoms with van der Waals surface area (Å²) in [6.07, 6.45) is 1.30. The molecule has 0 aliphatic heterocycles. The standard InChI is InChI=1S/C9H14N2O4S2/c1-4-11(6-8(12)15-3)17(13,14)9-5-10-7(2)16-9/h5H,4,6H2,1-3H3. The summed E-state index contributed by atoms with van der Waals surface area (Å²) in [6.45, 7) is 3.30. The quantitative estimate of drug-likeness (QED) is 0.739. The molecule has 0 bridgehead atoms. The number of thiazole rings is 1. The maximum atomic E-state index is 12.1. The van der Waals surface area contributed by atoms with Crippen LogP contribution in [-0.4, -0.2) is 43.9 Å². The number of sulfonamides is 1. The monoisotopic (exact) mass is 278 g/mol. The van der Waals surface area contributed by atoms with Gasteiger partial charge in [-0.3, -0.25) is 4.79 Å². The summed E-state index contributed by atoms with van der Waals surface area (Å²) in [5, 5.41) is 0.665. The minimum atomic E-state index is -3.65. The third-order valence-corrected chi connectivity index (χ3v) is 5.35. The van der Waals surface area contributed by atoms with Gasteiger partial charge in [0.1, 0.15) is 6.54 Å². The van der Waals surface area contributed by atoms with Gasteiger partial charge in [-0.25, -0.2) is 13.4 Å². The van der Waals surface area contributed by atoms with Gasteiger partial charge in [0, 0.05) is 6.54 Å². The molecule has 1 rings (SSSR count). The Morgan fingerprint density at radius 3 is 2.65 bits per heavy atom. The van der Waals surface area contributed by atoms with E-state index >= 15 is 0 Å². The second-order valence-corrected chi connectivity index (χ2v) is 6.61. The Kier molecular flexibility index (Phi) is 4.61. The highest BCUT2D eigenvalue weighted by Crippen LogP contribution is 2.21. The Balaban J connectivity index is 2.98. The van der Waals surface area contributed by atoms with Crippen molar-refractivity contribution in [3.8, 4) is 0 Å². The largest absolute Gasteiger partial charge is 0.468 e. The lowest BCUT2D eigenvalue weighted by Crippen LogP contribution is -2.35. The Labute approximate surface area is 104 Å². The molecule has 8 heteroatoms. The number of rotatable bonds is 5. The van der Waals surface area contributed by atoms with E-state index < -0.39 is 16.0 Å². The summed E-state index contributed by atoms with van der Waals surface area (Å²) >= 11 is 1.08. The smallest absolute Gasteiger partial charge is 0.321 e. The molecule has 0 radical (unpaired) electrons. The average Bonchev–Trinajstić information content (AvgIpc) is 2.72. The van der Waals surface area contributed by atoms with Crippen molar-refractivity contribution in [2.24, 2.45) is 0 Å². The van der Waals surface area contributed by atoms with Crippen molar-refractivity contribution < 1.29 is 17.9 Å². The van der Waals surface area contributed by atoms with E-state index in [1.54, 1.807) is 13.8 Å². The number of aryl methyl sites for hydroxylation is 1. The first kappa shape index (κ1) is 14.1. The van der Waals surface area contributed by atoms with Crippen LogP contribution >= 0.6 is 11.3 Å². The summed E-state index contributed by atoms with van der Waals surface area (Å²) in [5.74, 6) is -0.586. The zero-order valence-electron chi connectivity index (χ0n) is 9.84. The molecule has 0 unspecified atom stereocenters. The maximum Gasteiger partial charge on any atom is 0.321 e. The van der Waals surface area contributed by atoms with Crippen LogP contribution in [0.5, 0.6) is 0 Å². The van der Waals surface area contributed by atoms with Gasteiger partial charge in [0.15, 0.2) is 4.21 Å². The average molecular weight is 278 g/mol. The minimum absolute atomic E-state index is 0.140. The Bertz CT molecular complexity index is 495. The number of hydrogen-bond donors (Lipinski definition) is 0. The Hall–Kier alpha value is -0.990. The summed E-state index contributed by atoms with van der Waals surface area (Å²) in [6, 6.07) is 0. The lowest BCUT2D eigenvalue weighted by Gasteiger charge is -2.17. The molecule has 0 fully saturated rings. The van der Waals surface area contributed by atoms with E-state index in [2.05, 4.69) is 9.72 Å². The number of likely N-dealkylation sites (N-methyl/N-ethyl adjacent to an activating group) is 1. The van der Waals surface area contributed by atoms with E-state index in [0.717, 1.165) is 15.6 Å². The predicted octanol–water partition coefficient (Wildman–Crippen LogP) is 0.635. The number of nitrogens with zero attached hydrogens (tertiary/aromatic N) is 2. The van der Waals surface area contributed by atoms with Crippen LogP contribution < -0.4 is 0 Å². The molecule has 0 N–H and O–H groups in total. The van der Waals surface area contributed by atoms with E-state index in [4.69, 9.17) is 0 Å². The van der Waals surface area contributed by atoms with Gasteiger partial charge >= 0.3 is 5.97 Å². The van der Waals surface area contributed by atoms with Crippen molar-refractivity contribution in [3.63, 3.8) is 0 Å². The molecule has 6 nitrogen and oxygen atoms in total. The van der Waals surface area contributed by atoms with Gasteiger partial charge in [0.05, 0.1) is 18.3 Å². The van der Waals surface area contributed by atoms with Gasteiger partial charge in [-0.15, -0.1) is 11.3 Å². The summed E-state index contributed by atoms with van der Waals surface area (Å²) in [4.78, 5) is 15.0. The zero-order valence-corrected chi connectivity index (χ0v) is 11.5. The fourth-order valence-corrected chi connectivity index (χ4v) is 3.82. The lowest BCUT2D eigenvalue weighted by atomic mass is 10.6. The van der Waals surface area contributed by atoms with Gasteiger partial charge in [-0.05, 0) is 6.92 Å². The van der Waals surface area contributed by atoms with Crippen molar-refractivity contribution in [2.45, 2.75) is 18.1 Å². The van der Waals surface area contributed by atoms with Crippen LogP contribution in [-0.2, 0) is 19.6 Å². The van der Waals surface area contributed by atoms with Crippen LogP contribution in [0.15, 0.2) is 10.4 Å². The number of carbonyl (C=O) groups is 1. The number of esters is 1. The summed E-state index contributed by atoms with van der Waals surface area (Å²) in [7, 11) is -2.43. The van der Waals surface area contributed by atoms with E-state index in [-0.39, 0.29) is 17.3 Å². The van der Waals surface area contributed by atoms with Crippen LogP contribution in [0, 0.1) is 6.92 Å². The fourth-order valence-electron chi connectivity index (χ4n) is 1.16. The third kappa shape index (κ3) is 3.24. The first-order chi connectivity index (χ1) is 7.91. The Morgan fingerprint density at radius 1 is 1.59 bits per heavy atom. The summed E-state index contributed by atoms with van der Waals surface area (Å²) in [5.41, 5.74) is 0. The van der Waals surface area contributed by atoms with Crippen molar-refractivity contribution in [2.75, 3.05) is 20.2 Å². The molecule has 0 aliphatic rings. The molecule has 0 saturated carbocycles. The van der Waals surface area contributed by atoms with Crippen molar-refractivity contribution >= 4 is 27.3 Å². The molecule has 0 aromatic carbocycles. The molecule has 1 heterocycles. The number of hydrogen-bond acceptors (Lipinski definition) is 6. The van der Waals surface area contributed by atoms with E-state index in [1.165, 1.54) is 13.3 Å². The maximum absolute atomic E-state index is 12.1. The number of methoxy groups -OCH3 is 1. The van der Waals surface area contributed by atoms with Crippen LogP contribution in [0.2, 0.25) is 0 Å². The molecule has 0 aliphatic carbocycles. The van der Waals surface area contributed by atoms with Crippen molar-refractivity contribution in [3.05, 3.63) is 11.2 Å². The SMILES string of the molecule is CCN(CC(=O)OC)S(=O)(=O)c1cnc(C)s1. The van der Waals surface area contributed by atoms with Crippen LogP contribution in [0.1, 0.15) is 11.9 Å². The van der Waals surface area contributed by atoms with E-state index in [1.807, 2.05) is 0 Å². The molecule has 0 atom stereocenters. The van der Waals surface area contributed by atoms with E-state index in [0.29, 0.717) is 5.01 Å². The lowest BCUT2D eigenvalue weighted by molar-refractivity contribution is -0.140. The zero-order chi connectivity index (χ0) is 13.1. The summed E-state index contributed by atoms with van der Waals surface area (Å²) < 4.78 is 29.9. The molecule has 0 amide bonds. The second kappa shape index (κ2) is 5.56. The highest BCUT2D eigenvalue weighted by molar-refractivity contribution is 7.91. The van der Waals surface area contributed by atoms with Crippen LogP contribution in [0.3, 0.4) is 0 Å². The number of carbonyl (C=O) groups excluding carboxylic acids is 1. The molecule has 0 saturated heterocycles. The molecule has 17 heavy (non-hydrogen) atoms. The highest BCUT2D eigenvalue weighted by atomic mass is 32.2. The van der Waals surface area contributed by atoms with Gasteiger partial charge in [0.2, 0.25) is 0 Å². The van der Waals surface area contributed by atoms with Gasteiger partial charge in [-0.1, -0.05) is 6.92 Å². The van der Waals surface area contributed by atoms with Crippen LogP contribution in [0.25, 0.3) is 0 Å². The highest BCUT2D eigenvalue weighted by Gasteiger charge is 2.27. The topological polar surface area (TPSA) is 76.6 Å². The molecule has 0 spiro atoms.